The summed E-state index contributed by atoms with van der Waals surface area (Å²) in [4.78, 5) is 7.03. The molecule has 3 aliphatic heterocycles. The van der Waals surface area contributed by atoms with Crippen LogP contribution in [0.25, 0.3) is 0 Å². The van der Waals surface area contributed by atoms with Gasteiger partial charge in [0.1, 0.15) is 0 Å². The lowest BCUT2D eigenvalue weighted by Crippen LogP contribution is -2.49. The number of thioether (sulfide) groups is 1. The molecule has 1 aromatic rings. The van der Waals surface area contributed by atoms with Gasteiger partial charge in [-0.1, -0.05) is 19.1 Å². The highest BCUT2D eigenvalue weighted by Crippen LogP contribution is 2.50. The Balaban J connectivity index is 1.70. The molecule has 0 saturated carbocycles. The van der Waals surface area contributed by atoms with Crippen molar-refractivity contribution < 1.29 is 0 Å². The van der Waals surface area contributed by atoms with Gasteiger partial charge in [0.05, 0.1) is 5.69 Å². The quantitative estimate of drug-likeness (QED) is 0.816. The van der Waals surface area contributed by atoms with E-state index in [1.54, 1.807) is 11.3 Å². The molecule has 0 aliphatic carbocycles. The molecule has 114 valence electrons. The van der Waals surface area contributed by atoms with E-state index in [2.05, 4.69) is 53.6 Å². The Morgan fingerprint density at radius 3 is 3.10 bits per heavy atom. The first-order chi connectivity index (χ1) is 10.3. The SMILES string of the molecule is CCC(C)N1CC[C@@H]2[C@H](C1)c1cccc3c1N2CCCS3. The second kappa shape index (κ2) is 5.51. The van der Waals surface area contributed by atoms with Crippen molar-refractivity contribution in [1.29, 1.82) is 0 Å². The van der Waals surface area contributed by atoms with Crippen molar-refractivity contribution in [3.05, 3.63) is 23.8 Å². The lowest BCUT2D eigenvalue weighted by atomic mass is 9.88. The number of nitrogens with zero attached hydrogens (tertiary/aromatic N) is 2. The number of piperidine rings is 1. The summed E-state index contributed by atoms with van der Waals surface area (Å²) in [6.45, 7) is 8.52. The predicted molar refractivity (Wildman–Crippen MR) is 91.6 cm³/mol. The van der Waals surface area contributed by atoms with Gasteiger partial charge in [-0.2, -0.15) is 0 Å². The third-order valence-corrected chi connectivity index (χ3v) is 6.87. The molecular weight excluding hydrogens is 276 g/mol. The van der Waals surface area contributed by atoms with Crippen LogP contribution in [0.2, 0.25) is 0 Å². The van der Waals surface area contributed by atoms with E-state index in [1.165, 1.54) is 49.5 Å². The van der Waals surface area contributed by atoms with Crippen LogP contribution < -0.4 is 4.90 Å². The highest BCUT2D eigenvalue weighted by atomic mass is 32.2. The Kier molecular flexibility index (Phi) is 3.66. The van der Waals surface area contributed by atoms with Crippen LogP contribution >= 0.6 is 11.8 Å². The topological polar surface area (TPSA) is 6.48 Å². The Morgan fingerprint density at radius 1 is 1.33 bits per heavy atom. The van der Waals surface area contributed by atoms with Gasteiger partial charge in [0.25, 0.3) is 0 Å². The maximum Gasteiger partial charge on any atom is 0.0543 e. The third-order valence-electron chi connectivity index (χ3n) is 5.74. The van der Waals surface area contributed by atoms with Crippen LogP contribution in [0.3, 0.4) is 0 Å². The molecule has 1 aromatic carbocycles. The van der Waals surface area contributed by atoms with E-state index in [4.69, 9.17) is 0 Å². The standard InChI is InChI=1S/C18H26N2S/c1-3-13(2)19-10-8-16-15(12-19)14-6-4-7-17-18(14)20(16)9-5-11-21-17/h4,6-7,13,15-16H,3,5,8-12H2,1-2H3/t13?,15-,16-/m1/s1. The maximum absolute atomic E-state index is 2.77. The van der Waals surface area contributed by atoms with Gasteiger partial charge in [-0.3, -0.25) is 4.90 Å². The number of para-hydroxylation sites is 1. The molecule has 0 radical (unpaired) electrons. The van der Waals surface area contributed by atoms with Crippen molar-refractivity contribution in [1.82, 2.24) is 4.90 Å². The van der Waals surface area contributed by atoms with Crippen LogP contribution in [0, 0.1) is 0 Å². The summed E-state index contributed by atoms with van der Waals surface area (Å²) in [5.41, 5.74) is 3.24. The normalized spacial score (nSPS) is 29.7. The van der Waals surface area contributed by atoms with E-state index in [9.17, 15) is 0 Å². The number of fused-ring (bicyclic) bond motifs is 3. The number of hydrogen-bond donors (Lipinski definition) is 0. The van der Waals surface area contributed by atoms with Crippen LogP contribution in [0.5, 0.6) is 0 Å². The molecule has 1 saturated heterocycles. The summed E-state index contributed by atoms with van der Waals surface area (Å²) in [5, 5.41) is 0. The smallest absolute Gasteiger partial charge is 0.0543 e. The van der Waals surface area contributed by atoms with E-state index < -0.39 is 0 Å². The average Bonchev–Trinajstić information content (AvgIpc) is 2.69. The van der Waals surface area contributed by atoms with E-state index in [1.807, 2.05) is 0 Å². The summed E-state index contributed by atoms with van der Waals surface area (Å²) >= 11 is 2.07. The molecule has 4 rings (SSSR count). The van der Waals surface area contributed by atoms with Gasteiger partial charge in [0, 0.05) is 42.5 Å². The average molecular weight is 302 g/mol. The summed E-state index contributed by atoms with van der Waals surface area (Å²) in [5.74, 6) is 2.02. The van der Waals surface area contributed by atoms with Gasteiger partial charge in [-0.15, -0.1) is 11.8 Å². The molecule has 2 nitrogen and oxygen atoms in total. The number of rotatable bonds is 2. The summed E-state index contributed by atoms with van der Waals surface area (Å²) in [6, 6.07) is 8.53. The fourth-order valence-corrected chi connectivity index (χ4v) is 5.46. The number of anilines is 1. The number of likely N-dealkylation sites (tertiary alicyclic amines) is 1. The first kappa shape index (κ1) is 14.0. The molecule has 0 N–H and O–H groups in total. The van der Waals surface area contributed by atoms with Crippen molar-refractivity contribution in [2.75, 3.05) is 30.3 Å². The lowest BCUT2D eigenvalue weighted by Gasteiger charge is -2.41. The van der Waals surface area contributed by atoms with Crippen LogP contribution in [-0.2, 0) is 0 Å². The number of hydrogen-bond acceptors (Lipinski definition) is 3. The second-order valence-corrected chi connectivity index (χ2v) is 7.94. The Labute approximate surface area is 132 Å². The minimum Gasteiger partial charge on any atom is -0.367 e. The molecule has 0 spiro atoms. The van der Waals surface area contributed by atoms with Crippen LogP contribution in [0.1, 0.15) is 44.6 Å². The molecule has 3 heteroatoms. The largest absolute Gasteiger partial charge is 0.367 e. The summed E-state index contributed by atoms with van der Waals surface area (Å²) < 4.78 is 0. The lowest BCUT2D eigenvalue weighted by molar-refractivity contribution is 0.144. The van der Waals surface area contributed by atoms with Gasteiger partial charge < -0.3 is 4.90 Å². The molecular formula is C18H26N2S. The minimum absolute atomic E-state index is 0.730. The Bertz CT molecular complexity index is 530. The Morgan fingerprint density at radius 2 is 2.24 bits per heavy atom. The molecule has 3 heterocycles. The first-order valence-corrected chi connectivity index (χ1v) is 9.54. The highest BCUT2D eigenvalue weighted by Gasteiger charge is 2.43. The molecule has 1 unspecified atom stereocenters. The van der Waals surface area contributed by atoms with Gasteiger partial charge >= 0.3 is 0 Å². The molecule has 1 fully saturated rings. The molecule has 3 aliphatic rings. The predicted octanol–water partition coefficient (Wildman–Crippen LogP) is 3.96. The van der Waals surface area contributed by atoms with E-state index in [-0.39, 0.29) is 0 Å². The first-order valence-electron chi connectivity index (χ1n) is 8.56. The summed E-state index contributed by atoms with van der Waals surface area (Å²) in [6.07, 6.45) is 3.94. The molecule has 3 atom stereocenters. The van der Waals surface area contributed by atoms with Crippen LogP contribution in [-0.4, -0.2) is 42.4 Å². The zero-order valence-corrected chi connectivity index (χ0v) is 14.0. The zero-order chi connectivity index (χ0) is 14.4. The molecule has 21 heavy (non-hydrogen) atoms. The monoisotopic (exact) mass is 302 g/mol. The molecule has 0 aromatic heterocycles. The van der Waals surface area contributed by atoms with Gasteiger partial charge in [-0.25, -0.2) is 0 Å². The fourth-order valence-electron chi connectivity index (χ4n) is 4.42. The van der Waals surface area contributed by atoms with Crippen LogP contribution in [0.15, 0.2) is 23.1 Å². The summed E-state index contributed by atoms with van der Waals surface area (Å²) in [7, 11) is 0. The third kappa shape index (κ3) is 2.20. The zero-order valence-electron chi connectivity index (χ0n) is 13.2. The Hall–Kier alpha value is -0.670. The van der Waals surface area contributed by atoms with Crippen LogP contribution in [0.4, 0.5) is 5.69 Å². The van der Waals surface area contributed by atoms with E-state index in [0.717, 1.165) is 18.0 Å². The van der Waals surface area contributed by atoms with E-state index >= 15 is 0 Å². The number of benzene rings is 1. The maximum atomic E-state index is 2.77. The highest BCUT2D eigenvalue weighted by molar-refractivity contribution is 7.99. The second-order valence-electron chi connectivity index (χ2n) is 6.80. The van der Waals surface area contributed by atoms with Crippen molar-refractivity contribution in [3.63, 3.8) is 0 Å². The van der Waals surface area contributed by atoms with Crippen molar-refractivity contribution >= 4 is 17.4 Å². The fraction of sp³-hybridized carbons (Fsp3) is 0.667. The van der Waals surface area contributed by atoms with Crippen molar-refractivity contribution in [3.8, 4) is 0 Å². The van der Waals surface area contributed by atoms with Gasteiger partial charge in [-0.05, 0) is 43.6 Å². The molecule has 0 bridgehead atoms. The van der Waals surface area contributed by atoms with Gasteiger partial charge in [0.15, 0.2) is 0 Å². The minimum atomic E-state index is 0.730. The molecule has 0 amide bonds. The van der Waals surface area contributed by atoms with Crippen molar-refractivity contribution in [2.45, 2.75) is 56.0 Å². The van der Waals surface area contributed by atoms with E-state index in [0.29, 0.717) is 0 Å². The van der Waals surface area contributed by atoms with Gasteiger partial charge in [0.2, 0.25) is 0 Å². The van der Waals surface area contributed by atoms with Crippen molar-refractivity contribution in [2.24, 2.45) is 0 Å².